The van der Waals surface area contributed by atoms with Gasteiger partial charge in [-0.3, -0.25) is 0 Å². The maximum atomic E-state index is 12.9. The highest BCUT2D eigenvalue weighted by Gasteiger charge is 2.41. The van der Waals surface area contributed by atoms with Crippen LogP contribution in [0.25, 0.3) is 0 Å². The number of sulfonamides is 1. The van der Waals surface area contributed by atoms with Crippen LogP contribution >= 0.6 is 0 Å². The first-order chi connectivity index (χ1) is 14.5. The van der Waals surface area contributed by atoms with Gasteiger partial charge in [-0.15, -0.1) is 0 Å². The molecule has 2 aromatic carbocycles. The number of carbonyl (C=O) groups is 1. The second kappa shape index (κ2) is 7.68. The number of carbonyl (C=O) groups excluding carboxylic acids is 1. The van der Waals surface area contributed by atoms with Gasteiger partial charge < -0.3 is 15.0 Å². The quantitative estimate of drug-likeness (QED) is 0.816. The van der Waals surface area contributed by atoms with Gasteiger partial charge in [0.1, 0.15) is 0 Å². The molecule has 2 aliphatic heterocycles. The molecule has 2 fully saturated rings. The SMILES string of the molecule is O=C(Nc1ccc2c(c1)CCC2)N1C[C@@H]2CN(S(=O)(=O)c3ccccc3)C[C@H](C1)O2. The number of rotatable bonds is 3. The van der Waals surface area contributed by atoms with Crippen molar-refractivity contribution in [3.8, 4) is 0 Å². The second-order valence-electron chi connectivity index (χ2n) is 8.19. The molecule has 2 atom stereocenters. The number of benzene rings is 2. The summed E-state index contributed by atoms with van der Waals surface area (Å²) in [7, 11) is -3.56. The molecule has 30 heavy (non-hydrogen) atoms. The van der Waals surface area contributed by atoms with Gasteiger partial charge in [-0.2, -0.15) is 4.31 Å². The number of anilines is 1. The van der Waals surface area contributed by atoms with E-state index in [2.05, 4.69) is 17.4 Å². The average molecular weight is 428 g/mol. The number of nitrogens with zero attached hydrogens (tertiary/aromatic N) is 2. The molecule has 8 heteroatoms. The van der Waals surface area contributed by atoms with Crippen LogP contribution in [-0.4, -0.2) is 62.0 Å². The largest absolute Gasteiger partial charge is 0.369 e. The maximum absolute atomic E-state index is 12.9. The van der Waals surface area contributed by atoms with Crippen LogP contribution in [0.4, 0.5) is 10.5 Å². The van der Waals surface area contributed by atoms with Gasteiger partial charge in [-0.1, -0.05) is 24.3 Å². The lowest BCUT2D eigenvalue weighted by atomic mass is 10.1. The molecule has 0 spiro atoms. The lowest BCUT2D eigenvalue weighted by Crippen LogP contribution is -2.61. The number of morpholine rings is 2. The number of hydrogen-bond donors (Lipinski definition) is 1. The topological polar surface area (TPSA) is 79.0 Å². The third-order valence-electron chi connectivity index (χ3n) is 6.07. The number of amides is 2. The molecule has 0 unspecified atom stereocenters. The maximum Gasteiger partial charge on any atom is 0.322 e. The first-order valence-corrected chi connectivity index (χ1v) is 11.8. The van der Waals surface area contributed by atoms with Gasteiger partial charge in [-0.05, 0) is 54.7 Å². The summed E-state index contributed by atoms with van der Waals surface area (Å²) in [6.45, 7) is 1.23. The van der Waals surface area contributed by atoms with E-state index >= 15 is 0 Å². The molecule has 2 aromatic rings. The van der Waals surface area contributed by atoms with Crippen molar-refractivity contribution in [1.82, 2.24) is 9.21 Å². The first kappa shape index (κ1) is 19.5. The Labute approximate surface area is 176 Å². The highest BCUT2D eigenvalue weighted by molar-refractivity contribution is 7.89. The summed E-state index contributed by atoms with van der Waals surface area (Å²) in [5, 5.41) is 3.00. The van der Waals surface area contributed by atoms with Gasteiger partial charge in [0, 0.05) is 18.8 Å². The minimum atomic E-state index is -3.56. The first-order valence-electron chi connectivity index (χ1n) is 10.4. The Kier molecular flexibility index (Phi) is 5.00. The lowest BCUT2D eigenvalue weighted by Gasteiger charge is -2.45. The normalized spacial score (nSPS) is 23.8. The predicted molar refractivity (Wildman–Crippen MR) is 113 cm³/mol. The molecule has 2 amide bonds. The minimum absolute atomic E-state index is 0.161. The van der Waals surface area contributed by atoms with Gasteiger partial charge in [-0.25, -0.2) is 13.2 Å². The van der Waals surface area contributed by atoms with Crippen molar-refractivity contribution in [1.29, 1.82) is 0 Å². The summed E-state index contributed by atoms with van der Waals surface area (Å²) in [5.74, 6) is 0. The predicted octanol–water partition coefficient (Wildman–Crippen LogP) is 2.48. The van der Waals surface area contributed by atoms with E-state index in [-0.39, 0.29) is 36.2 Å². The van der Waals surface area contributed by atoms with E-state index in [0.29, 0.717) is 13.1 Å². The van der Waals surface area contributed by atoms with Crippen molar-refractivity contribution in [3.63, 3.8) is 0 Å². The molecule has 2 saturated heterocycles. The molecule has 1 N–H and O–H groups in total. The third-order valence-corrected chi connectivity index (χ3v) is 7.91. The van der Waals surface area contributed by atoms with Crippen molar-refractivity contribution in [2.45, 2.75) is 36.4 Å². The summed E-state index contributed by atoms with van der Waals surface area (Å²) in [4.78, 5) is 14.8. The van der Waals surface area contributed by atoms with Gasteiger partial charge in [0.15, 0.2) is 0 Å². The average Bonchev–Trinajstić information content (AvgIpc) is 3.21. The lowest BCUT2D eigenvalue weighted by molar-refractivity contribution is -0.110. The molecule has 0 aromatic heterocycles. The van der Waals surface area contributed by atoms with Crippen LogP contribution in [0, 0.1) is 0 Å². The molecular weight excluding hydrogens is 402 g/mol. The van der Waals surface area contributed by atoms with Crippen LogP contribution in [0.3, 0.4) is 0 Å². The Balaban J connectivity index is 1.25. The van der Waals surface area contributed by atoms with Crippen LogP contribution in [0.5, 0.6) is 0 Å². The number of ether oxygens (including phenoxy) is 1. The van der Waals surface area contributed by atoms with Crippen LogP contribution in [0.2, 0.25) is 0 Å². The van der Waals surface area contributed by atoms with Crippen LogP contribution in [-0.2, 0) is 27.6 Å². The minimum Gasteiger partial charge on any atom is -0.369 e. The van der Waals surface area contributed by atoms with Crippen LogP contribution < -0.4 is 5.32 Å². The zero-order chi connectivity index (χ0) is 20.7. The molecule has 158 valence electrons. The Morgan fingerprint density at radius 2 is 1.63 bits per heavy atom. The fourth-order valence-electron chi connectivity index (χ4n) is 4.61. The molecule has 1 aliphatic carbocycles. The van der Waals surface area contributed by atoms with E-state index in [1.54, 1.807) is 35.2 Å². The molecule has 0 saturated carbocycles. The number of urea groups is 1. The second-order valence-corrected chi connectivity index (χ2v) is 10.1. The van der Waals surface area contributed by atoms with Crippen molar-refractivity contribution in [2.75, 3.05) is 31.5 Å². The summed E-state index contributed by atoms with van der Waals surface area (Å²) in [6, 6.07) is 14.4. The Morgan fingerprint density at radius 1 is 0.933 bits per heavy atom. The number of fused-ring (bicyclic) bond motifs is 3. The van der Waals surface area contributed by atoms with Gasteiger partial charge >= 0.3 is 6.03 Å². The van der Waals surface area contributed by atoms with Crippen molar-refractivity contribution in [2.24, 2.45) is 0 Å². The highest BCUT2D eigenvalue weighted by Crippen LogP contribution is 2.27. The monoisotopic (exact) mass is 427 g/mol. The van der Waals surface area contributed by atoms with Crippen molar-refractivity contribution in [3.05, 3.63) is 59.7 Å². The van der Waals surface area contributed by atoms with Crippen LogP contribution in [0.15, 0.2) is 53.4 Å². The number of hydrogen-bond acceptors (Lipinski definition) is 4. The smallest absolute Gasteiger partial charge is 0.322 e. The van der Waals surface area contributed by atoms with E-state index in [4.69, 9.17) is 4.74 Å². The fourth-order valence-corrected chi connectivity index (χ4v) is 6.13. The third kappa shape index (κ3) is 3.71. The van der Waals surface area contributed by atoms with E-state index < -0.39 is 10.0 Å². The molecule has 2 heterocycles. The fraction of sp³-hybridized carbons (Fsp3) is 0.409. The summed E-state index contributed by atoms with van der Waals surface area (Å²) >= 11 is 0. The van der Waals surface area contributed by atoms with E-state index in [1.165, 1.54) is 21.9 Å². The van der Waals surface area contributed by atoms with Gasteiger partial charge in [0.2, 0.25) is 10.0 Å². The Hall–Kier alpha value is -2.42. The Morgan fingerprint density at radius 3 is 2.37 bits per heavy atom. The molecule has 5 rings (SSSR count). The van der Waals surface area contributed by atoms with Crippen LogP contribution in [0.1, 0.15) is 17.5 Å². The zero-order valence-corrected chi connectivity index (χ0v) is 17.5. The van der Waals surface area contributed by atoms with E-state index in [1.807, 2.05) is 6.07 Å². The Bertz CT molecular complexity index is 1040. The summed E-state index contributed by atoms with van der Waals surface area (Å²) < 4.78 is 33.3. The highest BCUT2D eigenvalue weighted by atomic mass is 32.2. The van der Waals surface area contributed by atoms with Gasteiger partial charge in [0.05, 0.1) is 30.2 Å². The summed E-state index contributed by atoms with van der Waals surface area (Å²) in [6.07, 6.45) is 2.68. The number of nitrogens with one attached hydrogen (secondary N) is 1. The number of aryl methyl sites for hydroxylation is 2. The molecule has 3 aliphatic rings. The van der Waals surface area contributed by atoms with Crippen molar-refractivity contribution < 1.29 is 17.9 Å². The molecule has 0 radical (unpaired) electrons. The van der Waals surface area contributed by atoms with Crippen molar-refractivity contribution >= 4 is 21.7 Å². The van der Waals surface area contributed by atoms with Gasteiger partial charge in [0.25, 0.3) is 0 Å². The molecule has 7 nitrogen and oxygen atoms in total. The zero-order valence-electron chi connectivity index (χ0n) is 16.7. The van der Waals surface area contributed by atoms with E-state index in [9.17, 15) is 13.2 Å². The van der Waals surface area contributed by atoms with E-state index in [0.717, 1.165) is 18.5 Å². The molecule has 2 bridgehead atoms. The molecular formula is C22H25N3O4S. The standard InChI is InChI=1S/C22H25N3O4S/c26-22(23-18-10-9-16-5-4-6-17(16)11-18)24-12-19-14-25(15-20(13-24)29-19)30(27,28)21-7-2-1-3-8-21/h1-3,7-11,19-20H,4-6,12-15H2,(H,23,26)/t19-,20+. The summed E-state index contributed by atoms with van der Waals surface area (Å²) in [5.41, 5.74) is 3.49.